The molecule has 0 fully saturated rings. The van der Waals surface area contributed by atoms with Crippen molar-refractivity contribution in [1.29, 1.82) is 0 Å². The molecule has 0 aliphatic heterocycles. The number of likely N-dealkylation sites (N-methyl/N-ethyl adjacent to an activating group) is 1. The Morgan fingerprint density at radius 1 is 1.33 bits per heavy atom. The molecule has 0 saturated carbocycles. The lowest BCUT2D eigenvalue weighted by atomic mass is 10.1. The monoisotopic (exact) mass is 213 g/mol. The summed E-state index contributed by atoms with van der Waals surface area (Å²) in [5.41, 5.74) is -0.446. The van der Waals surface area contributed by atoms with Crippen LogP contribution in [0.2, 0.25) is 0 Å². The first-order valence-corrected chi connectivity index (χ1v) is 4.72. The smallest absolute Gasteiger partial charge is 0.182 e. The fraction of sp³-hybridized carbons (Fsp3) is 0.364. The molecule has 0 amide bonds. The second-order valence-electron chi connectivity index (χ2n) is 3.35. The molecule has 0 aliphatic carbocycles. The van der Waals surface area contributed by atoms with Crippen molar-refractivity contribution in [3.63, 3.8) is 0 Å². The zero-order chi connectivity index (χ0) is 11.4. The first-order valence-electron chi connectivity index (χ1n) is 4.72. The van der Waals surface area contributed by atoms with Gasteiger partial charge in [0.1, 0.15) is 11.6 Å². The van der Waals surface area contributed by atoms with Crippen LogP contribution in [0.4, 0.5) is 8.78 Å². The molecule has 1 aromatic rings. The van der Waals surface area contributed by atoms with Gasteiger partial charge >= 0.3 is 0 Å². The number of halogens is 2. The number of hydrogen-bond acceptors (Lipinski definition) is 2. The zero-order valence-electron chi connectivity index (χ0n) is 8.76. The molecule has 0 N–H and O–H groups in total. The van der Waals surface area contributed by atoms with Crippen molar-refractivity contribution in [3.05, 3.63) is 35.4 Å². The molecule has 0 spiro atoms. The molecule has 0 saturated heterocycles. The lowest BCUT2D eigenvalue weighted by Gasteiger charge is -2.12. The molecule has 2 nitrogen and oxygen atoms in total. The van der Waals surface area contributed by atoms with Crippen molar-refractivity contribution in [2.75, 3.05) is 20.1 Å². The standard InChI is InChI=1S/C11H13F2NO/c1-3-14(2)7-10(15)11-8(12)5-4-6-9(11)13/h4-6H,3,7H2,1-2H3. The maximum atomic E-state index is 13.2. The van der Waals surface area contributed by atoms with E-state index in [0.29, 0.717) is 6.54 Å². The predicted molar refractivity (Wildman–Crippen MR) is 53.9 cm³/mol. The SMILES string of the molecule is CCN(C)CC(=O)c1c(F)cccc1F. The van der Waals surface area contributed by atoms with Crippen molar-refractivity contribution in [2.24, 2.45) is 0 Å². The van der Waals surface area contributed by atoms with E-state index in [4.69, 9.17) is 0 Å². The molecular weight excluding hydrogens is 200 g/mol. The van der Waals surface area contributed by atoms with Gasteiger partial charge in [-0.2, -0.15) is 0 Å². The van der Waals surface area contributed by atoms with E-state index in [1.807, 2.05) is 6.92 Å². The summed E-state index contributed by atoms with van der Waals surface area (Å²) < 4.78 is 26.4. The number of rotatable bonds is 4. The Balaban J connectivity index is 2.91. The van der Waals surface area contributed by atoms with Crippen LogP contribution in [0.3, 0.4) is 0 Å². The highest BCUT2D eigenvalue weighted by molar-refractivity contribution is 5.98. The second kappa shape index (κ2) is 4.98. The van der Waals surface area contributed by atoms with Crippen LogP contribution in [0.25, 0.3) is 0 Å². The molecular formula is C11H13F2NO. The second-order valence-corrected chi connectivity index (χ2v) is 3.35. The van der Waals surface area contributed by atoms with Crippen molar-refractivity contribution >= 4 is 5.78 Å². The van der Waals surface area contributed by atoms with E-state index in [2.05, 4.69) is 0 Å². The fourth-order valence-electron chi connectivity index (χ4n) is 1.20. The van der Waals surface area contributed by atoms with E-state index in [0.717, 1.165) is 12.1 Å². The van der Waals surface area contributed by atoms with Crippen molar-refractivity contribution in [2.45, 2.75) is 6.92 Å². The number of benzene rings is 1. The Bertz CT molecular complexity index is 345. The Hall–Kier alpha value is -1.29. The van der Waals surface area contributed by atoms with E-state index in [9.17, 15) is 13.6 Å². The summed E-state index contributed by atoms with van der Waals surface area (Å²) in [6.07, 6.45) is 0. The van der Waals surface area contributed by atoms with Crippen LogP contribution in [-0.2, 0) is 0 Å². The van der Waals surface area contributed by atoms with Gasteiger partial charge in [0.05, 0.1) is 12.1 Å². The molecule has 0 bridgehead atoms. The van der Waals surface area contributed by atoms with Crippen LogP contribution in [0.15, 0.2) is 18.2 Å². The number of hydrogen-bond donors (Lipinski definition) is 0. The van der Waals surface area contributed by atoms with E-state index in [1.165, 1.54) is 6.07 Å². The molecule has 0 unspecified atom stereocenters. The minimum absolute atomic E-state index is 0.0222. The number of Topliss-reactive ketones (excluding diaryl/α,β-unsaturated/α-hetero) is 1. The first kappa shape index (κ1) is 11.8. The summed E-state index contributed by atoms with van der Waals surface area (Å²) in [6, 6.07) is 3.41. The van der Waals surface area contributed by atoms with Crippen molar-refractivity contribution in [1.82, 2.24) is 4.90 Å². The third-order valence-electron chi connectivity index (χ3n) is 2.19. The Kier molecular flexibility index (Phi) is 3.91. The van der Waals surface area contributed by atoms with Crippen LogP contribution < -0.4 is 0 Å². The van der Waals surface area contributed by atoms with Gasteiger partial charge in [0.2, 0.25) is 0 Å². The number of carbonyl (C=O) groups excluding carboxylic acids is 1. The minimum Gasteiger partial charge on any atom is -0.299 e. The summed E-state index contributed by atoms with van der Waals surface area (Å²) in [6.45, 7) is 2.54. The van der Waals surface area contributed by atoms with E-state index >= 15 is 0 Å². The fourth-order valence-corrected chi connectivity index (χ4v) is 1.20. The molecule has 0 heterocycles. The molecule has 1 rings (SSSR count). The van der Waals surface area contributed by atoms with E-state index < -0.39 is 23.0 Å². The van der Waals surface area contributed by atoms with E-state index in [-0.39, 0.29) is 6.54 Å². The average Bonchev–Trinajstić information content (AvgIpc) is 2.17. The quantitative estimate of drug-likeness (QED) is 0.714. The van der Waals surface area contributed by atoms with Crippen LogP contribution in [0, 0.1) is 11.6 Å². The van der Waals surface area contributed by atoms with Gasteiger partial charge in [-0.05, 0) is 25.7 Å². The zero-order valence-corrected chi connectivity index (χ0v) is 8.76. The van der Waals surface area contributed by atoms with Gasteiger partial charge in [0.25, 0.3) is 0 Å². The maximum absolute atomic E-state index is 13.2. The molecule has 0 aliphatic rings. The van der Waals surface area contributed by atoms with Gasteiger partial charge < -0.3 is 0 Å². The number of carbonyl (C=O) groups is 1. The Morgan fingerprint density at radius 2 is 1.87 bits per heavy atom. The average molecular weight is 213 g/mol. The molecule has 15 heavy (non-hydrogen) atoms. The first-order chi connectivity index (χ1) is 7.06. The van der Waals surface area contributed by atoms with Gasteiger partial charge in [-0.25, -0.2) is 8.78 Å². The van der Waals surface area contributed by atoms with Gasteiger partial charge in [0, 0.05) is 0 Å². The van der Waals surface area contributed by atoms with Gasteiger partial charge in [0.15, 0.2) is 5.78 Å². The molecule has 0 atom stereocenters. The van der Waals surface area contributed by atoms with Crippen molar-refractivity contribution in [3.8, 4) is 0 Å². The summed E-state index contributed by atoms with van der Waals surface area (Å²) in [5.74, 6) is -2.14. The van der Waals surface area contributed by atoms with Gasteiger partial charge in [-0.3, -0.25) is 9.69 Å². The minimum atomic E-state index is -0.801. The lowest BCUT2D eigenvalue weighted by molar-refractivity contribution is 0.0940. The maximum Gasteiger partial charge on any atom is 0.182 e. The highest BCUT2D eigenvalue weighted by atomic mass is 19.1. The van der Waals surface area contributed by atoms with Gasteiger partial charge in [-0.15, -0.1) is 0 Å². The Morgan fingerprint density at radius 3 is 2.33 bits per heavy atom. The molecule has 82 valence electrons. The van der Waals surface area contributed by atoms with Crippen LogP contribution in [0.5, 0.6) is 0 Å². The van der Waals surface area contributed by atoms with Gasteiger partial charge in [-0.1, -0.05) is 13.0 Å². The van der Waals surface area contributed by atoms with Crippen LogP contribution in [0.1, 0.15) is 17.3 Å². The molecule has 0 radical (unpaired) electrons. The van der Waals surface area contributed by atoms with Crippen molar-refractivity contribution < 1.29 is 13.6 Å². The Labute approximate surface area is 87.5 Å². The normalized spacial score (nSPS) is 10.7. The number of ketones is 1. The lowest BCUT2D eigenvalue weighted by Crippen LogP contribution is -2.26. The molecule has 0 aromatic heterocycles. The van der Waals surface area contributed by atoms with E-state index in [1.54, 1.807) is 11.9 Å². The number of nitrogens with zero attached hydrogens (tertiary/aromatic N) is 1. The predicted octanol–water partition coefficient (Wildman–Crippen LogP) is 2.10. The highest BCUT2D eigenvalue weighted by Gasteiger charge is 2.17. The summed E-state index contributed by atoms with van der Waals surface area (Å²) in [5, 5.41) is 0. The summed E-state index contributed by atoms with van der Waals surface area (Å²) in [4.78, 5) is 13.2. The largest absolute Gasteiger partial charge is 0.299 e. The third-order valence-corrected chi connectivity index (χ3v) is 2.19. The third kappa shape index (κ3) is 2.83. The topological polar surface area (TPSA) is 20.3 Å². The molecule has 4 heteroatoms. The summed E-state index contributed by atoms with van der Waals surface area (Å²) in [7, 11) is 1.72. The summed E-state index contributed by atoms with van der Waals surface area (Å²) >= 11 is 0. The van der Waals surface area contributed by atoms with Crippen LogP contribution >= 0.6 is 0 Å². The van der Waals surface area contributed by atoms with Crippen LogP contribution in [-0.4, -0.2) is 30.8 Å². The molecule has 1 aromatic carbocycles. The highest BCUT2D eigenvalue weighted by Crippen LogP contribution is 2.12.